The molecule has 0 aliphatic carbocycles. The van der Waals surface area contributed by atoms with Crippen LogP contribution in [0.5, 0.6) is 5.75 Å². The number of carbonyl (C=O) groups is 1. The van der Waals surface area contributed by atoms with Gasteiger partial charge in [-0.25, -0.2) is 0 Å². The van der Waals surface area contributed by atoms with Gasteiger partial charge < -0.3 is 5.11 Å². The molecule has 0 heterocycles. The number of phenolic OH excluding ortho intramolecular Hbond substituents is 1. The van der Waals surface area contributed by atoms with Gasteiger partial charge in [-0.3, -0.25) is 9.79 Å². The van der Waals surface area contributed by atoms with E-state index in [4.69, 9.17) is 23.2 Å². The number of ketones is 1. The Labute approximate surface area is 155 Å². The van der Waals surface area contributed by atoms with Crippen LogP contribution in [0.2, 0.25) is 10.0 Å². The Kier molecular flexibility index (Phi) is 5.17. The van der Waals surface area contributed by atoms with E-state index in [-0.39, 0.29) is 16.6 Å². The SMILES string of the molecule is O=C(c1ccccc1)c1ccc(N=Cc2cc(Cl)cc(Cl)c2O)cc1. The first-order chi connectivity index (χ1) is 12.0. The molecule has 0 saturated carbocycles. The van der Waals surface area contributed by atoms with Crippen molar-refractivity contribution in [3.05, 3.63) is 93.5 Å². The van der Waals surface area contributed by atoms with Gasteiger partial charge in [0, 0.05) is 27.9 Å². The van der Waals surface area contributed by atoms with Gasteiger partial charge >= 0.3 is 0 Å². The molecule has 0 radical (unpaired) electrons. The Morgan fingerprint density at radius 3 is 2.24 bits per heavy atom. The summed E-state index contributed by atoms with van der Waals surface area (Å²) in [6, 6.07) is 19.0. The van der Waals surface area contributed by atoms with E-state index in [1.165, 1.54) is 12.3 Å². The molecule has 3 aromatic carbocycles. The fourth-order valence-electron chi connectivity index (χ4n) is 2.28. The van der Waals surface area contributed by atoms with Crippen molar-refractivity contribution in [1.82, 2.24) is 0 Å². The van der Waals surface area contributed by atoms with Gasteiger partial charge in [0.15, 0.2) is 5.78 Å². The van der Waals surface area contributed by atoms with Crippen molar-refractivity contribution < 1.29 is 9.90 Å². The van der Waals surface area contributed by atoms with Crippen molar-refractivity contribution in [3.8, 4) is 5.75 Å². The van der Waals surface area contributed by atoms with Gasteiger partial charge in [0.25, 0.3) is 0 Å². The van der Waals surface area contributed by atoms with Gasteiger partial charge in [-0.2, -0.15) is 0 Å². The van der Waals surface area contributed by atoms with Crippen LogP contribution in [0.3, 0.4) is 0 Å². The summed E-state index contributed by atoms with van der Waals surface area (Å²) in [6.45, 7) is 0. The van der Waals surface area contributed by atoms with Crippen LogP contribution in [0.1, 0.15) is 21.5 Å². The molecule has 1 N–H and O–H groups in total. The van der Waals surface area contributed by atoms with E-state index in [0.717, 1.165) is 0 Å². The molecule has 0 aliphatic heterocycles. The number of aliphatic imine (C=N–C) groups is 1. The number of phenols is 1. The third-order valence-electron chi connectivity index (χ3n) is 3.58. The van der Waals surface area contributed by atoms with Crippen LogP contribution < -0.4 is 0 Å². The standard InChI is InChI=1S/C20H13Cl2NO2/c21-16-10-15(20(25)18(22)11-16)12-23-17-8-6-14(7-9-17)19(24)13-4-2-1-3-5-13/h1-12,25H. The molecule has 0 aromatic heterocycles. The molecule has 3 rings (SSSR count). The lowest BCUT2D eigenvalue weighted by Crippen LogP contribution is -2.00. The monoisotopic (exact) mass is 369 g/mol. The van der Waals surface area contributed by atoms with Gasteiger partial charge in [0.05, 0.1) is 10.7 Å². The van der Waals surface area contributed by atoms with Crippen molar-refractivity contribution in [1.29, 1.82) is 0 Å². The highest BCUT2D eigenvalue weighted by Gasteiger charge is 2.08. The average Bonchev–Trinajstić information content (AvgIpc) is 2.64. The van der Waals surface area contributed by atoms with Crippen molar-refractivity contribution in [2.45, 2.75) is 0 Å². The predicted molar refractivity (Wildman–Crippen MR) is 102 cm³/mol. The molecule has 3 aromatic rings. The zero-order chi connectivity index (χ0) is 17.8. The minimum absolute atomic E-state index is 0.0459. The van der Waals surface area contributed by atoms with E-state index in [0.29, 0.717) is 27.4 Å². The Balaban J connectivity index is 1.81. The first kappa shape index (κ1) is 17.2. The summed E-state index contributed by atoms with van der Waals surface area (Å²) in [5.74, 6) is -0.124. The van der Waals surface area contributed by atoms with Crippen molar-refractivity contribution in [3.63, 3.8) is 0 Å². The van der Waals surface area contributed by atoms with Gasteiger partial charge in [-0.15, -0.1) is 0 Å². The number of aromatic hydroxyl groups is 1. The molecule has 0 amide bonds. The third-order valence-corrected chi connectivity index (χ3v) is 4.08. The summed E-state index contributed by atoms with van der Waals surface area (Å²) in [6.07, 6.45) is 1.47. The molecule has 5 heteroatoms. The Morgan fingerprint density at radius 2 is 1.56 bits per heavy atom. The predicted octanol–water partition coefficient (Wildman–Crippen LogP) is 5.68. The normalized spacial score (nSPS) is 11.0. The number of hydrogen-bond donors (Lipinski definition) is 1. The molecule has 0 bridgehead atoms. The largest absolute Gasteiger partial charge is 0.506 e. The van der Waals surface area contributed by atoms with E-state index >= 15 is 0 Å². The maximum absolute atomic E-state index is 12.4. The van der Waals surface area contributed by atoms with Crippen LogP contribution in [0.15, 0.2) is 71.7 Å². The van der Waals surface area contributed by atoms with E-state index in [1.807, 2.05) is 18.2 Å². The minimum Gasteiger partial charge on any atom is -0.506 e. The summed E-state index contributed by atoms with van der Waals surface area (Å²) in [7, 11) is 0. The first-order valence-electron chi connectivity index (χ1n) is 7.46. The molecular weight excluding hydrogens is 357 g/mol. The zero-order valence-corrected chi connectivity index (χ0v) is 14.5. The first-order valence-corrected chi connectivity index (χ1v) is 8.22. The highest BCUT2D eigenvalue weighted by Crippen LogP contribution is 2.30. The summed E-state index contributed by atoms with van der Waals surface area (Å²) < 4.78 is 0. The molecule has 0 fully saturated rings. The lowest BCUT2D eigenvalue weighted by Gasteiger charge is -2.03. The fraction of sp³-hybridized carbons (Fsp3) is 0. The van der Waals surface area contributed by atoms with Crippen molar-refractivity contribution >= 4 is 40.9 Å². The van der Waals surface area contributed by atoms with E-state index in [9.17, 15) is 9.90 Å². The number of nitrogens with zero attached hydrogens (tertiary/aromatic N) is 1. The maximum atomic E-state index is 12.4. The van der Waals surface area contributed by atoms with Crippen LogP contribution >= 0.6 is 23.2 Å². The van der Waals surface area contributed by atoms with Crippen LogP contribution in [0.25, 0.3) is 0 Å². The number of rotatable bonds is 4. The van der Waals surface area contributed by atoms with E-state index in [1.54, 1.807) is 42.5 Å². The minimum atomic E-state index is -0.0781. The average molecular weight is 370 g/mol. The summed E-state index contributed by atoms with van der Waals surface area (Å²) in [5.41, 5.74) is 2.28. The second kappa shape index (κ2) is 7.51. The Bertz CT molecular complexity index is 936. The van der Waals surface area contributed by atoms with Gasteiger partial charge in [0.2, 0.25) is 0 Å². The molecule has 25 heavy (non-hydrogen) atoms. The Morgan fingerprint density at radius 1 is 0.920 bits per heavy atom. The van der Waals surface area contributed by atoms with Crippen molar-refractivity contribution in [2.24, 2.45) is 4.99 Å². The smallest absolute Gasteiger partial charge is 0.193 e. The highest BCUT2D eigenvalue weighted by molar-refractivity contribution is 6.36. The molecule has 124 valence electrons. The molecule has 0 saturated heterocycles. The zero-order valence-electron chi connectivity index (χ0n) is 13.0. The number of benzene rings is 3. The van der Waals surface area contributed by atoms with Crippen LogP contribution in [0.4, 0.5) is 5.69 Å². The van der Waals surface area contributed by atoms with Crippen LogP contribution in [0, 0.1) is 0 Å². The van der Waals surface area contributed by atoms with Gasteiger partial charge in [0.1, 0.15) is 5.75 Å². The molecule has 0 spiro atoms. The molecule has 0 unspecified atom stereocenters. The second-order valence-electron chi connectivity index (χ2n) is 5.33. The molecule has 3 nitrogen and oxygen atoms in total. The topological polar surface area (TPSA) is 49.7 Å². The molecular formula is C20H13Cl2NO2. The van der Waals surface area contributed by atoms with E-state index in [2.05, 4.69) is 4.99 Å². The molecule has 0 aliphatic rings. The maximum Gasteiger partial charge on any atom is 0.193 e. The second-order valence-corrected chi connectivity index (χ2v) is 6.17. The number of hydrogen-bond acceptors (Lipinski definition) is 3. The summed E-state index contributed by atoms with van der Waals surface area (Å²) in [5, 5.41) is 10.5. The van der Waals surface area contributed by atoms with Gasteiger partial charge in [-0.05, 0) is 36.4 Å². The highest BCUT2D eigenvalue weighted by atomic mass is 35.5. The summed E-state index contributed by atoms with van der Waals surface area (Å²) >= 11 is 11.8. The van der Waals surface area contributed by atoms with E-state index < -0.39 is 0 Å². The third kappa shape index (κ3) is 4.08. The van der Waals surface area contributed by atoms with Crippen molar-refractivity contribution in [2.75, 3.05) is 0 Å². The fourth-order valence-corrected chi connectivity index (χ4v) is 2.79. The van der Waals surface area contributed by atoms with Crippen LogP contribution in [-0.4, -0.2) is 17.1 Å². The van der Waals surface area contributed by atoms with Gasteiger partial charge in [-0.1, -0.05) is 53.5 Å². The lowest BCUT2D eigenvalue weighted by atomic mass is 10.0. The quantitative estimate of drug-likeness (QED) is 0.474. The molecule has 0 atom stereocenters. The summed E-state index contributed by atoms with van der Waals surface area (Å²) in [4.78, 5) is 16.6. The Hall–Kier alpha value is -2.62. The number of carbonyl (C=O) groups excluding carboxylic acids is 1. The van der Waals surface area contributed by atoms with Crippen LogP contribution in [-0.2, 0) is 0 Å². The number of halogens is 2. The lowest BCUT2D eigenvalue weighted by molar-refractivity contribution is 0.103.